The fourth-order valence-electron chi connectivity index (χ4n) is 3.15. The normalized spacial score (nSPS) is 21.5. The van der Waals surface area contributed by atoms with E-state index in [0.29, 0.717) is 5.92 Å². The largest absolute Gasteiger partial charge is 0.347 e. The second-order valence-corrected chi connectivity index (χ2v) is 7.01. The van der Waals surface area contributed by atoms with Gasteiger partial charge in [-0.2, -0.15) is 11.8 Å². The number of nitrogens with one attached hydrogen (secondary N) is 2. The number of amides is 1. The third-order valence-electron chi connectivity index (χ3n) is 4.28. The molecule has 6 nitrogen and oxygen atoms in total. The number of thioether (sulfide) groups is 1. The predicted molar refractivity (Wildman–Crippen MR) is 93.9 cm³/mol. The van der Waals surface area contributed by atoms with Crippen LogP contribution in [0.15, 0.2) is 17.3 Å². The highest BCUT2D eigenvalue weighted by atomic mass is 32.2. The third-order valence-corrected chi connectivity index (χ3v) is 4.98. The zero-order chi connectivity index (χ0) is 16.7. The van der Waals surface area contributed by atoms with E-state index in [2.05, 4.69) is 33.4 Å². The van der Waals surface area contributed by atoms with Crippen LogP contribution < -0.4 is 10.9 Å². The first kappa shape index (κ1) is 18.0. The number of carbonyl (C=O) groups is 1. The number of carbonyl (C=O) groups excluding carboxylic acids is 1. The van der Waals surface area contributed by atoms with E-state index in [-0.39, 0.29) is 23.1 Å². The number of hydrogen-bond donors (Lipinski definition) is 2. The van der Waals surface area contributed by atoms with Crippen LogP contribution in [0.25, 0.3) is 0 Å². The van der Waals surface area contributed by atoms with Crippen LogP contribution in [-0.4, -0.2) is 58.5 Å². The Morgan fingerprint density at radius 3 is 3.04 bits per heavy atom. The zero-order valence-corrected chi connectivity index (χ0v) is 14.7. The molecule has 1 aliphatic rings. The van der Waals surface area contributed by atoms with E-state index in [0.717, 1.165) is 38.2 Å². The van der Waals surface area contributed by atoms with Crippen molar-refractivity contribution in [2.45, 2.75) is 32.2 Å². The van der Waals surface area contributed by atoms with E-state index >= 15 is 0 Å². The Balaban J connectivity index is 1.97. The molecular formula is C16H26N4O2S. The molecule has 0 spiro atoms. The molecule has 2 N–H and O–H groups in total. The van der Waals surface area contributed by atoms with E-state index in [9.17, 15) is 9.59 Å². The minimum atomic E-state index is -0.389. The summed E-state index contributed by atoms with van der Waals surface area (Å²) in [5, 5.41) is 3.05. The third kappa shape index (κ3) is 5.07. The lowest BCUT2D eigenvalue weighted by Gasteiger charge is -2.19. The number of likely N-dealkylation sites (tertiary alicyclic amines) is 1. The van der Waals surface area contributed by atoms with Crippen LogP contribution in [0.4, 0.5) is 0 Å². The monoisotopic (exact) mass is 338 g/mol. The van der Waals surface area contributed by atoms with Gasteiger partial charge < -0.3 is 15.2 Å². The lowest BCUT2D eigenvalue weighted by molar-refractivity contribution is 0.0927. The van der Waals surface area contributed by atoms with E-state index in [1.54, 1.807) is 0 Å². The molecule has 0 aliphatic carbocycles. The molecule has 1 aromatic rings. The fourth-order valence-corrected chi connectivity index (χ4v) is 3.57. The molecule has 0 aromatic carbocycles. The lowest BCUT2D eigenvalue weighted by Crippen LogP contribution is -2.42. The molecule has 1 saturated heterocycles. The maximum atomic E-state index is 12.3. The summed E-state index contributed by atoms with van der Waals surface area (Å²) in [6.45, 7) is 5.13. The van der Waals surface area contributed by atoms with Crippen molar-refractivity contribution in [3.63, 3.8) is 0 Å². The Kier molecular flexibility index (Phi) is 7.11. The number of nitrogens with zero attached hydrogens (tertiary/aromatic N) is 2. The SMILES string of the molecule is CCC[C@@H]1CN(CCCSC)C[C@H]1NC(=O)c1cnc[nH]c1=O. The van der Waals surface area contributed by atoms with Gasteiger partial charge in [0.05, 0.1) is 6.33 Å². The van der Waals surface area contributed by atoms with Gasteiger partial charge in [0.2, 0.25) is 0 Å². The molecule has 2 heterocycles. The van der Waals surface area contributed by atoms with Crippen molar-refractivity contribution in [3.8, 4) is 0 Å². The highest BCUT2D eigenvalue weighted by Crippen LogP contribution is 2.22. The van der Waals surface area contributed by atoms with Gasteiger partial charge in [0.15, 0.2) is 0 Å². The van der Waals surface area contributed by atoms with Gasteiger partial charge >= 0.3 is 0 Å². The van der Waals surface area contributed by atoms with Gasteiger partial charge in [-0.05, 0) is 37.3 Å². The Bertz CT molecular complexity index is 563. The number of rotatable bonds is 8. The van der Waals surface area contributed by atoms with Gasteiger partial charge in [-0.1, -0.05) is 13.3 Å². The van der Waals surface area contributed by atoms with Crippen molar-refractivity contribution in [1.29, 1.82) is 0 Å². The molecule has 7 heteroatoms. The average molecular weight is 338 g/mol. The van der Waals surface area contributed by atoms with Gasteiger partial charge in [0.1, 0.15) is 5.56 Å². The standard InChI is InChI=1S/C16H26N4O2S/c1-3-5-12-9-20(6-4-7-23-2)10-14(12)19-16(22)13-8-17-11-18-15(13)21/h8,11-12,14H,3-7,9-10H2,1-2H3,(H,19,22)(H,17,18,21)/t12-,14-/m1/s1. The summed E-state index contributed by atoms with van der Waals surface area (Å²) in [5.41, 5.74) is -0.303. The van der Waals surface area contributed by atoms with Crippen molar-refractivity contribution in [2.75, 3.05) is 31.6 Å². The van der Waals surface area contributed by atoms with Crippen LogP contribution in [0.5, 0.6) is 0 Å². The van der Waals surface area contributed by atoms with Crippen LogP contribution >= 0.6 is 11.8 Å². The van der Waals surface area contributed by atoms with Gasteiger partial charge in [0.25, 0.3) is 11.5 Å². The summed E-state index contributed by atoms with van der Waals surface area (Å²) in [7, 11) is 0. The Morgan fingerprint density at radius 2 is 2.35 bits per heavy atom. The van der Waals surface area contributed by atoms with Crippen molar-refractivity contribution in [1.82, 2.24) is 20.2 Å². The van der Waals surface area contributed by atoms with Crippen LogP contribution in [0, 0.1) is 5.92 Å². The van der Waals surface area contributed by atoms with Crippen LogP contribution in [0.1, 0.15) is 36.5 Å². The number of hydrogen-bond acceptors (Lipinski definition) is 5. The second-order valence-electron chi connectivity index (χ2n) is 6.03. The summed E-state index contributed by atoms with van der Waals surface area (Å²) >= 11 is 1.86. The Hall–Kier alpha value is -1.34. The first-order valence-corrected chi connectivity index (χ1v) is 9.60. The van der Waals surface area contributed by atoms with E-state index in [4.69, 9.17) is 0 Å². The molecule has 1 amide bonds. The molecule has 128 valence electrons. The molecule has 0 radical (unpaired) electrons. The molecule has 0 bridgehead atoms. The maximum absolute atomic E-state index is 12.3. The first-order valence-electron chi connectivity index (χ1n) is 8.20. The fraction of sp³-hybridized carbons (Fsp3) is 0.688. The minimum absolute atomic E-state index is 0.0866. The smallest absolute Gasteiger partial charge is 0.263 e. The van der Waals surface area contributed by atoms with Crippen molar-refractivity contribution in [2.24, 2.45) is 5.92 Å². The van der Waals surface area contributed by atoms with Crippen LogP contribution in [-0.2, 0) is 0 Å². The van der Waals surface area contributed by atoms with Crippen molar-refractivity contribution < 1.29 is 4.79 Å². The van der Waals surface area contributed by atoms with Crippen molar-refractivity contribution in [3.05, 3.63) is 28.4 Å². The summed E-state index contributed by atoms with van der Waals surface area (Å²) in [5.74, 6) is 1.29. The van der Waals surface area contributed by atoms with Crippen molar-refractivity contribution >= 4 is 17.7 Å². The molecule has 23 heavy (non-hydrogen) atoms. The highest BCUT2D eigenvalue weighted by molar-refractivity contribution is 7.98. The molecule has 2 rings (SSSR count). The molecule has 1 aromatic heterocycles. The van der Waals surface area contributed by atoms with E-state index < -0.39 is 0 Å². The van der Waals surface area contributed by atoms with E-state index in [1.165, 1.54) is 18.9 Å². The van der Waals surface area contributed by atoms with E-state index in [1.807, 2.05) is 11.8 Å². The quantitative estimate of drug-likeness (QED) is 0.700. The van der Waals surface area contributed by atoms with Crippen LogP contribution in [0.3, 0.4) is 0 Å². The van der Waals surface area contributed by atoms with Gasteiger partial charge in [-0.25, -0.2) is 4.98 Å². The topological polar surface area (TPSA) is 78.1 Å². The summed E-state index contributed by atoms with van der Waals surface area (Å²) in [6, 6.07) is 0.108. The highest BCUT2D eigenvalue weighted by Gasteiger charge is 2.33. The maximum Gasteiger partial charge on any atom is 0.263 e. The van der Waals surface area contributed by atoms with Crippen LogP contribution in [0.2, 0.25) is 0 Å². The molecule has 1 aliphatic heterocycles. The molecule has 0 saturated carbocycles. The molecular weight excluding hydrogens is 312 g/mol. The summed E-state index contributed by atoms with van der Waals surface area (Å²) in [4.78, 5) is 32.8. The Morgan fingerprint density at radius 1 is 1.52 bits per heavy atom. The minimum Gasteiger partial charge on any atom is -0.347 e. The average Bonchev–Trinajstić information content (AvgIpc) is 2.90. The predicted octanol–water partition coefficient (Wildman–Crippen LogP) is 1.35. The molecule has 0 unspecified atom stereocenters. The number of aromatic nitrogens is 2. The zero-order valence-electron chi connectivity index (χ0n) is 13.9. The number of H-pyrrole nitrogens is 1. The molecule has 2 atom stereocenters. The lowest BCUT2D eigenvalue weighted by atomic mass is 9.98. The van der Waals surface area contributed by atoms with Gasteiger partial charge in [0, 0.05) is 25.3 Å². The molecule has 1 fully saturated rings. The Labute approximate surface area is 141 Å². The van der Waals surface area contributed by atoms with Gasteiger partial charge in [-0.3, -0.25) is 9.59 Å². The summed E-state index contributed by atoms with van der Waals surface area (Å²) in [6.07, 6.45) is 8.11. The second kappa shape index (κ2) is 9.08. The number of aromatic amines is 1. The van der Waals surface area contributed by atoms with Gasteiger partial charge in [-0.15, -0.1) is 0 Å². The first-order chi connectivity index (χ1) is 11.2. The summed E-state index contributed by atoms with van der Waals surface area (Å²) < 4.78 is 0.